The van der Waals surface area contributed by atoms with E-state index in [1.165, 1.54) is 30.1 Å². The first-order valence-electron chi connectivity index (χ1n) is 7.33. The number of aromatic nitrogens is 2. The lowest BCUT2D eigenvalue weighted by atomic mass is 10.0. The summed E-state index contributed by atoms with van der Waals surface area (Å²) in [6.45, 7) is 0. The molecule has 0 spiro atoms. The highest BCUT2D eigenvalue weighted by molar-refractivity contribution is 6.30. The van der Waals surface area contributed by atoms with E-state index in [4.69, 9.17) is 22.1 Å². The molecule has 0 bridgehead atoms. The van der Waals surface area contributed by atoms with Gasteiger partial charge in [-0.05, 0) is 11.6 Å². The van der Waals surface area contributed by atoms with Gasteiger partial charge in [-0.3, -0.25) is 19.1 Å². The van der Waals surface area contributed by atoms with Gasteiger partial charge < -0.3 is 10.5 Å². The number of methoxy groups -OCH3 is 1. The van der Waals surface area contributed by atoms with Crippen molar-refractivity contribution < 1.29 is 9.53 Å². The first-order valence-corrected chi connectivity index (χ1v) is 7.71. The molecular weight excluding hydrogens is 342 g/mol. The van der Waals surface area contributed by atoms with Crippen molar-refractivity contribution in [2.45, 2.75) is 0 Å². The first-order chi connectivity index (χ1) is 12.0. The summed E-state index contributed by atoms with van der Waals surface area (Å²) in [6.07, 6.45) is 2.94. The first kappa shape index (κ1) is 16.7. The van der Waals surface area contributed by atoms with Gasteiger partial charge in [0.1, 0.15) is 11.3 Å². The normalized spacial score (nSPS) is 10.5. The van der Waals surface area contributed by atoms with E-state index in [1.54, 1.807) is 30.3 Å². The average molecular weight is 356 g/mol. The molecule has 3 rings (SSSR count). The van der Waals surface area contributed by atoms with Crippen LogP contribution in [0.1, 0.15) is 10.4 Å². The SMILES string of the molecule is COc1cc(=O)n(-c2cncc(Cl)c2)c(-c2ccccc2)c1C(N)=O. The minimum atomic E-state index is -0.709. The molecule has 2 aromatic heterocycles. The van der Waals surface area contributed by atoms with Crippen molar-refractivity contribution in [1.29, 1.82) is 0 Å². The van der Waals surface area contributed by atoms with Crippen LogP contribution in [0.3, 0.4) is 0 Å². The van der Waals surface area contributed by atoms with Gasteiger partial charge in [-0.1, -0.05) is 41.9 Å². The lowest BCUT2D eigenvalue weighted by Gasteiger charge is -2.18. The van der Waals surface area contributed by atoms with Gasteiger partial charge in [-0.2, -0.15) is 0 Å². The zero-order valence-corrected chi connectivity index (χ0v) is 14.0. The third-order valence-corrected chi connectivity index (χ3v) is 3.85. The van der Waals surface area contributed by atoms with E-state index in [9.17, 15) is 9.59 Å². The van der Waals surface area contributed by atoms with E-state index in [2.05, 4.69) is 4.98 Å². The fourth-order valence-electron chi connectivity index (χ4n) is 2.64. The second-order valence-electron chi connectivity index (χ2n) is 5.20. The second kappa shape index (κ2) is 6.78. The Morgan fingerprint density at radius 2 is 1.92 bits per heavy atom. The molecule has 1 amide bonds. The summed E-state index contributed by atoms with van der Waals surface area (Å²) in [5.41, 5.74) is 6.66. The molecular formula is C18H14ClN3O3. The Morgan fingerprint density at radius 3 is 2.52 bits per heavy atom. The lowest BCUT2D eigenvalue weighted by molar-refractivity contribution is 0.0997. The van der Waals surface area contributed by atoms with Gasteiger partial charge in [0.25, 0.3) is 11.5 Å². The Kier molecular flexibility index (Phi) is 4.54. The summed E-state index contributed by atoms with van der Waals surface area (Å²) in [4.78, 5) is 28.9. The summed E-state index contributed by atoms with van der Waals surface area (Å²) in [7, 11) is 1.38. The van der Waals surface area contributed by atoms with E-state index in [0.29, 0.717) is 22.0 Å². The van der Waals surface area contributed by atoms with Gasteiger partial charge in [-0.15, -0.1) is 0 Å². The summed E-state index contributed by atoms with van der Waals surface area (Å²) in [5.74, 6) is -0.595. The van der Waals surface area contributed by atoms with Crippen LogP contribution in [0.4, 0.5) is 0 Å². The highest BCUT2D eigenvalue weighted by atomic mass is 35.5. The molecule has 0 saturated heterocycles. The molecule has 7 heteroatoms. The molecule has 0 fully saturated rings. The molecule has 1 aromatic carbocycles. The molecule has 2 heterocycles. The molecule has 0 aliphatic heterocycles. The number of benzene rings is 1. The monoisotopic (exact) mass is 355 g/mol. The predicted molar refractivity (Wildman–Crippen MR) is 95.3 cm³/mol. The topological polar surface area (TPSA) is 87.2 Å². The maximum Gasteiger partial charge on any atom is 0.259 e. The Bertz CT molecular complexity index is 1000. The molecule has 0 aliphatic rings. The fourth-order valence-corrected chi connectivity index (χ4v) is 2.80. The molecule has 126 valence electrons. The molecule has 2 N–H and O–H groups in total. The van der Waals surface area contributed by atoms with Gasteiger partial charge in [0.05, 0.1) is 29.7 Å². The number of hydrogen-bond acceptors (Lipinski definition) is 4. The maximum absolute atomic E-state index is 12.7. The van der Waals surface area contributed by atoms with Crippen LogP contribution in [-0.2, 0) is 0 Å². The number of nitrogens with zero attached hydrogens (tertiary/aromatic N) is 2. The van der Waals surface area contributed by atoms with Crippen LogP contribution in [0.2, 0.25) is 5.02 Å². The molecule has 0 unspecified atom stereocenters. The Morgan fingerprint density at radius 1 is 1.20 bits per heavy atom. The molecule has 3 aromatic rings. The maximum atomic E-state index is 12.7. The van der Waals surface area contributed by atoms with Crippen molar-refractivity contribution in [3.8, 4) is 22.7 Å². The fraction of sp³-hybridized carbons (Fsp3) is 0.0556. The van der Waals surface area contributed by atoms with Crippen molar-refractivity contribution >= 4 is 17.5 Å². The van der Waals surface area contributed by atoms with Crippen molar-refractivity contribution in [1.82, 2.24) is 9.55 Å². The number of amides is 1. The Balaban J connectivity index is 2.48. The number of hydrogen-bond donors (Lipinski definition) is 1. The zero-order chi connectivity index (χ0) is 18.0. The minimum Gasteiger partial charge on any atom is -0.496 e. The van der Waals surface area contributed by atoms with Crippen molar-refractivity contribution in [2.75, 3.05) is 7.11 Å². The second-order valence-corrected chi connectivity index (χ2v) is 5.64. The number of carbonyl (C=O) groups excluding carboxylic acids is 1. The zero-order valence-electron chi connectivity index (χ0n) is 13.3. The van der Waals surface area contributed by atoms with E-state index < -0.39 is 11.5 Å². The van der Waals surface area contributed by atoms with Crippen LogP contribution in [-0.4, -0.2) is 22.6 Å². The average Bonchev–Trinajstić information content (AvgIpc) is 2.61. The summed E-state index contributed by atoms with van der Waals surface area (Å²) < 4.78 is 6.55. The number of halogens is 1. The Labute approximate surface area is 148 Å². The van der Waals surface area contributed by atoms with Crippen molar-refractivity contribution in [3.63, 3.8) is 0 Å². The van der Waals surface area contributed by atoms with Gasteiger partial charge in [0, 0.05) is 12.3 Å². The third-order valence-electron chi connectivity index (χ3n) is 3.64. The molecule has 0 atom stereocenters. The number of pyridine rings is 2. The predicted octanol–water partition coefficient (Wildman–Crippen LogP) is 2.66. The van der Waals surface area contributed by atoms with E-state index in [1.807, 2.05) is 6.07 Å². The number of rotatable bonds is 4. The van der Waals surface area contributed by atoms with Crippen LogP contribution >= 0.6 is 11.6 Å². The van der Waals surface area contributed by atoms with Crippen molar-refractivity contribution in [2.24, 2.45) is 5.73 Å². The molecule has 25 heavy (non-hydrogen) atoms. The van der Waals surface area contributed by atoms with Crippen LogP contribution in [0.15, 0.2) is 59.7 Å². The van der Waals surface area contributed by atoms with Gasteiger partial charge >= 0.3 is 0 Å². The molecule has 6 nitrogen and oxygen atoms in total. The summed E-state index contributed by atoms with van der Waals surface area (Å²) in [6, 6.07) is 11.8. The number of carbonyl (C=O) groups is 1. The summed E-state index contributed by atoms with van der Waals surface area (Å²) >= 11 is 6.01. The van der Waals surface area contributed by atoms with Crippen LogP contribution in [0, 0.1) is 0 Å². The lowest BCUT2D eigenvalue weighted by Crippen LogP contribution is -2.25. The Hall–Kier alpha value is -3.12. The quantitative estimate of drug-likeness (QED) is 0.779. The van der Waals surface area contributed by atoms with Gasteiger partial charge in [0.15, 0.2) is 0 Å². The van der Waals surface area contributed by atoms with Crippen LogP contribution in [0.25, 0.3) is 16.9 Å². The molecule has 0 radical (unpaired) electrons. The van der Waals surface area contributed by atoms with E-state index >= 15 is 0 Å². The van der Waals surface area contributed by atoms with Crippen molar-refractivity contribution in [3.05, 3.63) is 75.8 Å². The largest absolute Gasteiger partial charge is 0.496 e. The highest BCUT2D eigenvalue weighted by Crippen LogP contribution is 2.31. The van der Waals surface area contributed by atoms with E-state index in [-0.39, 0.29) is 11.3 Å². The molecule has 0 aliphatic carbocycles. The summed E-state index contributed by atoms with van der Waals surface area (Å²) in [5, 5.41) is 0.361. The number of nitrogens with two attached hydrogens (primary N) is 1. The number of ether oxygens (including phenoxy) is 1. The van der Waals surface area contributed by atoms with Gasteiger partial charge in [-0.25, -0.2) is 0 Å². The standard InChI is InChI=1S/C18H14ClN3O3/c1-25-14-8-15(23)22(13-7-12(19)9-21-10-13)17(16(14)18(20)24)11-5-3-2-4-6-11/h2-10H,1H3,(H2,20,24). The smallest absolute Gasteiger partial charge is 0.259 e. The minimum absolute atomic E-state index is 0.105. The van der Waals surface area contributed by atoms with E-state index in [0.717, 1.165) is 0 Å². The third kappa shape index (κ3) is 3.12. The van der Waals surface area contributed by atoms with Crippen LogP contribution < -0.4 is 16.0 Å². The molecule has 0 saturated carbocycles. The van der Waals surface area contributed by atoms with Crippen LogP contribution in [0.5, 0.6) is 5.75 Å². The highest BCUT2D eigenvalue weighted by Gasteiger charge is 2.23. The van der Waals surface area contributed by atoms with Gasteiger partial charge in [0.2, 0.25) is 0 Å². The number of primary amides is 1.